The van der Waals surface area contributed by atoms with Gasteiger partial charge in [0.2, 0.25) is 0 Å². The summed E-state index contributed by atoms with van der Waals surface area (Å²) in [6.45, 7) is 4.41. The Morgan fingerprint density at radius 1 is 0.532 bits per heavy atom. The van der Waals surface area contributed by atoms with Crippen molar-refractivity contribution in [3.05, 3.63) is 72.9 Å². The van der Waals surface area contributed by atoms with Crippen LogP contribution in [0.25, 0.3) is 0 Å². The van der Waals surface area contributed by atoms with Crippen LogP contribution in [0.2, 0.25) is 0 Å². The second-order valence-corrected chi connectivity index (χ2v) is 16.9. The fourth-order valence-electron chi connectivity index (χ4n) is 7.22. The first-order chi connectivity index (χ1) is 30.4. The smallest absolute Gasteiger partial charge is 0.306 e. The zero-order chi connectivity index (χ0) is 45.0. The van der Waals surface area contributed by atoms with Gasteiger partial charge in [0.15, 0.2) is 6.29 Å². The largest absolute Gasteiger partial charge is 0.457 e. The Morgan fingerprint density at radius 3 is 1.50 bits per heavy atom. The molecule has 1 rings (SSSR count). The first-order valence-electron chi connectivity index (χ1n) is 25.0. The van der Waals surface area contributed by atoms with Gasteiger partial charge in [0.05, 0.1) is 19.8 Å². The standard InChI is InChI=1S/C53H92O9/c1-3-5-7-9-11-13-15-17-19-20-21-22-23-24-25-26-27-29-31-33-35-37-39-41-43-59-45-47(46-60-53-52(58)51(57)50(56)48(44-54)62-53)61-49(55)42-40-38-36-34-32-30-28-18-16-14-12-10-8-6-4-2/h5,7,11,13,17-19,21-22,24-25,28,47-48,50-54,56-58H,3-4,6,8-10,12,14-16,20,23,26-27,29-46H2,1-2H3/b7-5-,13-11-,19-17-,22-21-,25-24-,28-18-. The number of aliphatic hydroxyl groups is 4. The maximum absolute atomic E-state index is 12.8. The minimum absolute atomic E-state index is 0.123. The lowest BCUT2D eigenvalue weighted by Crippen LogP contribution is -2.59. The van der Waals surface area contributed by atoms with Gasteiger partial charge in [-0.05, 0) is 83.5 Å². The molecule has 358 valence electrons. The highest BCUT2D eigenvalue weighted by atomic mass is 16.7. The van der Waals surface area contributed by atoms with E-state index in [-0.39, 0.29) is 19.2 Å². The van der Waals surface area contributed by atoms with Crippen molar-refractivity contribution in [1.29, 1.82) is 0 Å². The number of esters is 1. The quantitative estimate of drug-likeness (QED) is 0.0269. The number of rotatable bonds is 42. The van der Waals surface area contributed by atoms with Crippen LogP contribution in [0.4, 0.5) is 0 Å². The molecule has 9 heteroatoms. The number of hydrogen-bond donors (Lipinski definition) is 4. The summed E-state index contributed by atoms with van der Waals surface area (Å²) in [5, 5.41) is 40.2. The molecule has 1 aliphatic rings. The van der Waals surface area contributed by atoms with Crippen molar-refractivity contribution in [3.63, 3.8) is 0 Å². The molecule has 0 spiro atoms. The van der Waals surface area contributed by atoms with E-state index in [1.165, 1.54) is 83.5 Å². The van der Waals surface area contributed by atoms with Crippen LogP contribution in [0.15, 0.2) is 72.9 Å². The molecule has 6 unspecified atom stereocenters. The molecule has 1 heterocycles. The molecule has 0 aromatic carbocycles. The van der Waals surface area contributed by atoms with E-state index in [9.17, 15) is 25.2 Å². The van der Waals surface area contributed by atoms with Gasteiger partial charge < -0.3 is 39.4 Å². The minimum Gasteiger partial charge on any atom is -0.457 e. The number of unbranched alkanes of at least 4 members (excludes halogenated alkanes) is 19. The number of aliphatic hydroxyl groups excluding tert-OH is 4. The average Bonchev–Trinajstić information content (AvgIpc) is 3.27. The first kappa shape index (κ1) is 57.6. The summed E-state index contributed by atoms with van der Waals surface area (Å²) in [6.07, 6.45) is 50.7. The van der Waals surface area contributed by atoms with Crippen molar-refractivity contribution >= 4 is 5.97 Å². The minimum atomic E-state index is -1.54. The number of ether oxygens (including phenoxy) is 4. The molecule has 0 aromatic heterocycles. The molecule has 0 aliphatic carbocycles. The van der Waals surface area contributed by atoms with Crippen LogP contribution >= 0.6 is 0 Å². The number of carbonyl (C=O) groups is 1. The summed E-state index contributed by atoms with van der Waals surface area (Å²) in [7, 11) is 0. The predicted octanol–water partition coefficient (Wildman–Crippen LogP) is 12.0. The zero-order valence-corrected chi connectivity index (χ0v) is 39.3. The fourth-order valence-corrected chi connectivity index (χ4v) is 7.22. The lowest BCUT2D eigenvalue weighted by Gasteiger charge is -2.39. The SMILES string of the molecule is CC/C=C\C/C=C\C/C=C\C/C=C\C/C=C\CCCCCCCCCCOCC(COC1OC(CO)C(O)C(O)C1O)OC(=O)CCCCCCC/C=C\CCCCCCCC. The van der Waals surface area contributed by atoms with E-state index in [1.807, 2.05) is 0 Å². The predicted molar refractivity (Wildman–Crippen MR) is 256 cm³/mol. The van der Waals surface area contributed by atoms with Gasteiger partial charge in [-0.1, -0.05) is 177 Å². The van der Waals surface area contributed by atoms with Crippen molar-refractivity contribution in [2.45, 2.75) is 230 Å². The Morgan fingerprint density at radius 2 is 0.984 bits per heavy atom. The second kappa shape index (κ2) is 43.9. The third-order valence-corrected chi connectivity index (χ3v) is 11.1. The van der Waals surface area contributed by atoms with Gasteiger partial charge in [-0.25, -0.2) is 0 Å². The van der Waals surface area contributed by atoms with Gasteiger partial charge in [-0.2, -0.15) is 0 Å². The lowest BCUT2D eigenvalue weighted by molar-refractivity contribution is -0.305. The summed E-state index contributed by atoms with van der Waals surface area (Å²) >= 11 is 0. The van der Waals surface area contributed by atoms with Gasteiger partial charge in [0.25, 0.3) is 0 Å². The first-order valence-corrected chi connectivity index (χ1v) is 25.0. The Bertz CT molecular complexity index is 1180. The summed E-state index contributed by atoms with van der Waals surface area (Å²) in [6, 6.07) is 0. The maximum atomic E-state index is 12.8. The van der Waals surface area contributed by atoms with Gasteiger partial charge in [-0.15, -0.1) is 0 Å². The highest BCUT2D eigenvalue weighted by Gasteiger charge is 2.44. The van der Waals surface area contributed by atoms with Crippen molar-refractivity contribution < 1.29 is 44.2 Å². The summed E-state index contributed by atoms with van der Waals surface area (Å²) in [5.41, 5.74) is 0. The molecule has 1 fully saturated rings. The van der Waals surface area contributed by atoms with E-state index in [0.29, 0.717) is 13.0 Å². The second-order valence-electron chi connectivity index (χ2n) is 16.9. The van der Waals surface area contributed by atoms with Crippen LogP contribution < -0.4 is 0 Å². The van der Waals surface area contributed by atoms with Crippen molar-refractivity contribution in [2.24, 2.45) is 0 Å². The molecule has 0 saturated carbocycles. The van der Waals surface area contributed by atoms with Crippen molar-refractivity contribution in [2.75, 3.05) is 26.4 Å². The van der Waals surface area contributed by atoms with Crippen LogP contribution in [-0.4, -0.2) is 89.6 Å². The molecular formula is C53H92O9. The van der Waals surface area contributed by atoms with Crippen LogP contribution in [-0.2, 0) is 23.7 Å². The van der Waals surface area contributed by atoms with Crippen LogP contribution in [0.5, 0.6) is 0 Å². The van der Waals surface area contributed by atoms with Gasteiger partial charge in [0, 0.05) is 13.0 Å². The van der Waals surface area contributed by atoms with E-state index in [4.69, 9.17) is 18.9 Å². The number of allylic oxidation sites excluding steroid dienone is 12. The van der Waals surface area contributed by atoms with Gasteiger partial charge in [0.1, 0.15) is 30.5 Å². The average molecular weight is 873 g/mol. The Labute approximate surface area is 378 Å². The maximum Gasteiger partial charge on any atom is 0.306 e. The van der Waals surface area contributed by atoms with Gasteiger partial charge in [-0.3, -0.25) is 4.79 Å². The Kier molecular flexibility index (Phi) is 40.8. The monoisotopic (exact) mass is 873 g/mol. The Hall–Kier alpha value is -2.37. The molecule has 4 N–H and O–H groups in total. The van der Waals surface area contributed by atoms with E-state index in [0.717, 1.165) is 89.9 Å². The van der Waals surface area contributed by atoms with E-state index in [1.54, 1.807) is 0 Å². The molecular weight excluding hydrogens is 781 g/mol. The number of hydrogen-bond acceptors (Lipinski definition) is 9. The topological polar surface area (TPSA) is 135 Å². The van der Waals surface area contributed by atoms with E-state index >= 15 is 0 Å². The molecule has 0 amide bonds. The van der Waals surface area contributed by atoms with Crippen molar-refractivity contribution in [3.8, 4) is 0 Å². The summed E-state index contributed by atoms with van der Waals surface area (Å²) in [4.78, 5) is 12.8. The summed E-state index contributed by atoms with van der Waals surface area (Å²) in [5.74, 6) is -0.327. The normalized spacial score (nSPS) is 20.4. The molecule has 9 nitrogen and oxygen atoms in total. The molecule has 1 saturated heterocycles. The Balaban J connectivity index is 2.22. The molecule has 0 bridgehead atoms. The molecule has 0 aromatic rings. The van der Waals surface area contributed by atoms with E-state index in [2.05, 4.69) is 86.8 Å². The van der Waals surface area contributed by atoms with Crippen molar-refractivity contribution in [1.82, 2.24) is 0 Å². The van der Waals surface area contributed by atoms with Crippen LogP contribution in [0.1, 0.15) is 194 Å². The lowest BCUT2D eigenvalue weighted by atomic mass is 9.99. The van der Waals surface area contributed by atoms with Crippen LogP contribution in [0.3, 0.4) is 0 Å². The summed E-state index contributed by atoms with van der Waals surface area (Å²) < 4.78 is 22.9. The highest BCUT2D eigenvalue weighted by molar-refractivity contribution is 5.69. The third kappa shape index (κ3) is 34.1. The zero-order valence-electron chi connectivity index (χ0n) is 39.3. The number of carbonyl (C=O) groups excluding carboxylic acids is 1. The van der Waals surface area contributed by atoms with E-state index < -0.39 is 43.4 Å². The van der Waals surface area contributed by atoms with Crippen LogP contribution in [0, 0.1) is 0 Å². The molecule has 1 aliphatic heterocycles. The fraction of sp³-hybridized carbons (Fsp3) is 0.755. The molecule has 6 atom stereocenters. The third-order valence-electron chi connectivity index (χ3n) is 11.1. The molecule has 0 radical (unpaired) electrons. The highest BCUT2D eigenvalue weighted by Crippen LogP contribution is 2.22. The molecule has 62 heavy (non-hydrogen) atoms. The van der Waals surface area contributed by atoms with Gasteiger partial charge >= 0.3 is 5.97 Å².